The molecule has 3 heterocycles. The van der Waals surface area contributed by atoms with Crippen molar-refractivity contribution < 1.29 is 0 Å². The molecule has 0 aromatic carbocycles. The average molecular weight is 173 g/mol. The van der Waals surface area contributed by atoms with Crippen molar-refractivity contribution in [2.24, 2.45) is 0 Å². The molecule has 0 saturated carbocycles. The summed E-state index contributed by atoms with van der Waals surface area (Å²) in [4.78, 5) is 6.66. The molecule has 3 rings (SSSR count). The third kappa shape index (κ3) is 0.906. The lowest BCUT2D eigenvalue weighted by atomic mass is 10.2. The van der Waals surface area contributed by atoms with Gasteiger partial charge in [-0.25, -0.2) is 4.98 Å². The molecule has 1 aliphatic rings. The summed E-state index contributed by atoms with van der Waals surface area (Å²) in [6, 6.07) is 6.28. The van der Waals surface area contributed by atoms with E-state index >= 15 is 0 Å². The van der Waals surface area contributed by atoms with Crippen molar-refractivity contribution in [3.05, 3.63) is 35.8 Å². The van der Waals surface area contributed by atoms with Gasteiger partial charge in [-0.3, -0.25) is 9.30 Å². The fourth-order valence-electron chi connectivity index (χ4n) is 2.02. The number of nitrogens with zero attached hydrogens (tertiary/aromatic N) is 3. The van der Waals surface area contributed by atoms with Gasteiger partial charge in [0.1, 0.15) is 5.65 Å². The predicted molar refractivity (Wildman–Crippen MR) is 50.4 cm³/mol. The lowest BCUT2D eigenvalue weighted by Crippen LogP contribution is -2.24. The van der Waals surface area contributed by atoms with E-state index in [1.807, 2.05) is 6.20 Å². The van der Waals surface area contributed by atoms with Gasteiger partial charge in [-0.2, -0.15) is 0 Å². The minimum absolute atomic E-state index is 0.998. The Labute approximate surface area is 76.6 Å². The van der Waals surface area contributed by atoms with Crippen LogP contribution in [0.1, 0.15) is 11.4 Å². The van der Waals surface area contributed by atoms with Crippen molar-refractivity contribution >= 4 is 5.65 Å². The zero-order valence-electron chi connectivity index (χ0n) is 7.57. The van der Waals surface area contributed by atoms with E-state index in [0.29, 0.717) is 0 Å². The summed E-state index contributed by atoms with van der Waals surface area (Å²) in [5, 5.41) is 0. The molecule has 2 aromatic rings. The van der Waals surface area contributed by atoms with Gasteiger partial charge in [0.15, 0.2) is 0 Å². The summed E-state index contributed by atoms with van der Waals surface area (Å²) in [5.41, 5.74) is 3.69. The molecule has 2 aromatic heterocycles. The molecule has 0 spiro atoms. The van der Waals surface area contributed by atoms with Gasteiger partial charge < -0.3 is 0 Å². The molecular formula is C10H11N3. The summed E-state index contributed by atoms with van der Waals surface area (Å²) in [5.74, 6) is 0. The van der Waals surface area contributed by atoms with Crippen LogP contribution in [-0.4, -0.2) is 21.3 Å². The summed E-state index contributed by atoms with van der Waals surface area (Å²) in [7, 11) is 2.13. The predicted octanol–water partition coefficient (Wildman–Crippen LogP) is 1.28. The highest BCUT2D eigenvalue weighted by Crippen LogP contribution is 2.18. The number of hydrogen-bond donors (Lipinski definition) is 0. The van der Waals surface area contributed by atoms with Gasteiger partial charge in [0.2, 0.25) is 0 Å². The van der Waals surface area contributed by atoms with Gasteiger partial charge in [-0.15, -0.1) is 0 Å². The van der Waals surface area contributed by atoms with E-state index in [9.17, 15) is 0 Å². The number of pyridine rings is 1. The minimum atomic E-state index is 0.998. The van der Waals surface area contributed by atoms with Crippen molar-refractivity contribution in [3.63, 3.8) is 0 Å². The summed E-state index contributed by atoms with van der Waals surface area (Å²) in [6.45, 7) is 2.01. The molecule has 0 aliphatic carbocycles. The number of imidazole rings is 1. The Balaban J connectivity index is 2.38. The van der Waals surface area contributed by atoms with Gasteiger partial charge in [0.25, 0.3) is 0 Å². The van der Waals surface area contributed by atoms with Crippen LogP contribution >= 0.6 is 0 Å². The van der Waals surface area contributed by atoms with Crippen LogP contribution in [0, 0.1) is 0 Å². The number of hydrogen-bond acceptors (Lipinski definition) is 2. The second-order valence-electron chi connectivity index (χ2n) is 3.63. The largest absolute Gasteiger partial charge is 0.298 e. The quantitative estimate of drug-likeness (QED) is 0.598. The molecule has 0 bridgehead atoms. The summed E-state index contributed by atoms with van der Waals surface area (Å²) in [6.07, 6.45) is 1.97. The third-order valence-corrected chi connectivity index (χ3v) is 2.55. The van der Waals surface area contributed by atoms with Crippen LogP contribution in [0.15, 0.2) is 24.4 Å². The fourth-order valence-corrected chi connectivity index (χ4v) is 2.02. The molecule has 66 valence electrons. The molecule has 0 saturated heterocycles. The lowest BCUT2D eigenvalue weighted by Gasteiger charge is -2.23. The Hall–Kier alpha value is -1.35. The Kier molecular flexibility index (Phi) is 1.27. The van der Waals surface area contributed by atoms with Crippen LogP contribution in [-0.2, 0) is 13.1 Å². The minimum Gasteiger partial charge on any atom is -0.298 e. The Morgan fingerprint density at radius 3 is 3.00 bits per heavy atom. The number of rotatable bonds is 0. The molecule has 3 heteroatoms. The third-order valence-electron chi connectivity index (χ3n) is 2.55. The second kappa shape index (κ2) is 2.33. The van der Waals surface area contributed by atoms with Crippen molar-refractivity contribution in [1.29, 1.82) is 0 Å². The molecule has 3 nitrogen and oxygen atoms in total. The monoisotopic (exact) mass is 173 g/mol. The van der Waals surface area contributed by atoms with Crippen LogP contribution in [0.25, 0.3) is 5.65 Å². The lowest BCUT2D eigenvalue weighted by molar-refractivity contribution is 0.290. The maximum absolute atomic E-state index is 4.36. The molecule has 0 radical (unpaired) electrons. The summed E-state index contributed by atoms with van der Waals surface area (Å²) >= 11 is 0. The van der Waals surface area contributed by atoms with E-state index in [0.717, 1.165) is 18.7 Å². The van der Waals surface area contributed by atoms with Crippen LogP contribution in [0.2, 0.25) is 0 Å². The van der Waals surface area contributed by atoms with Gasteiger partial charge >= 0.3 is 0 Å². The fraction of sp³-hybridized carbons (Fsp3) is 0.300. The van der Waals surface area contributed by atoms with Crippen molar-refractivity contribution in [2.45, 2.75) is 13.1 Å². The highest BCUT2D eigenvalue weighted by Gasteiger charge is 2.15. The van der Waals surface area contributed by atoms with Crippen LogP contribution < -0.4 is 0 Å². The maximum atomic E-state index is 4.36. The Morgan fingerprint density at radius 1 is 1.23 bits per heavy atom. The van der Waals surface area contributed by atoms with Crippen LogP contribution in [0.5, 0.6) is 0 Å². The first-order chi connectivity index (χ1) is 6.34. The zero-order chi connectivity index (χ0) is 8.84. The highest BCUT2D eigenvalue weighted by molar-refractivity contribution is 5.43. The smallest absolute Gasteiger partial charge is 0.137 e. The number of aromatic nitrogens is 2. The Bertz CT molecular complexity index is 458. The van der Waals surface area contributed by atoms with E-state index in [-0.39, 0.29) is 0 Å². The first-order valence-corrected chi connectivity index (χ1v) is 4.47. The van der Waals surface area contributed by atoms with Crippen molar-refractivity contribution in [3.8, 4) is 0 Å². The van der Waals surface area contributed by atoms with E-state index in [2.05, 4.69) is 39.5 Å². The van der Waals surface area contributed by atoms with E-state index in [1.165, 1.54) is 11.4 Å². The molecular weight excluding hydrogens is 162 g/mol. The topological polar surface area (TPSA) is 20.5 Å². The van der Waals surface area contributed by atoms with Crippen LogP contribution in [0.4, 0.5) is 0 Å². The molecule has 1 aliphatic heterocycles. The average Bonchev–Trinajstić information content (AvgIpc) is 2.50. The SMILES string of the molecule is CN1Cc2cccc3ncc(n23)C1. The van der Waals surface area contributed by atoms with Gasteiger partial charge in [0, 0.05) is 18.8 Å². The normalized spacial score (nSPS) is 16.7. The van der Waals surface area contributed by atoms with Gasteiger partial charge in [-0.05, 0) is 19.2 Å². The summed E-state index contributed by atoms with van der Waals surface area (Å²) < 4.78 is 2.25. The molecule has 13 heavy (non-hydrogen) atoms. The van der Waals surface area contributed by atoms with Gasteiger partial charge in [-0.1, -0.05) is 6.07 Å². The van der Waals surface area contributed by atoms with Gasteiger partial charge in [0.05, 0.1) is 11.9 Å². The molecule has 0 fully saturated rings. The Morgan fingerprint density at radius 2 is 2.08 bits per heavy atom. The first-order valence-electron chi connectivity index (χ1n) is 4.47. The molecule has 0 amide bonds. The molecule has 0 N–H and O–H groups in total. The van der Waals surface area contributed by atoms with E-state index < -0.39 is 0 Å². The zero-order valence-corrected chi connectivity index (χ0v) is 7.57. The first kappa shape index (κ1) is 7.09. The van der Waals surface area contributed by atoms with Crippen LogP contribution in [0.3, 0.4) is 0 Å². The molecule has 0 unspecified atom stereocenters. The molecule has 0 atom stereocenters. The van der Waals surface area contributed by atoms with Crippen molar-refractivity contribution in [1.82, 2.24) is 14.3 Å². The van der Waals surface area contributed by atoms with E-state index in [4.69, 9.17) is 0 Å². The maximum Gasteiger partial charge on any atom is 0.137 e. The second-order valence-corrected chi connectivity index (χ2v) is 3.63. The van der Waals surface area contributed by atoms with Crippen molar-refractivity contribution in [2.75, 3.05) is 7.05 Å². The standard InChI is InChI=1S/C10H11N3/c1-12-6-8-3-2-4-10-11-5-9(7-12)13(8)10/h2-5H,6-7H2,1H3. The van der Waals surface area contributed by atoms with E-state index in [1.54, 1.807) is 0 Å². The highest BCUT2D eigenvalue weighted by atomic mass is 15.2.